The summed E-state index contributed by atoms with van der Waals surface area (Å²) >= 11 is 0. The second-order valence-electron chi connectivity index (χ2n) is 11.8. The molecule has 43 heavy (non-hydrogen) atoms. The maximum atomic E-state index is 13.7. The molecule has 0 saturated carbocycles. The minimum Gasteiger partial charge on any atom is -0.385 e. The van der Waals surface area contributed by atoms with E-state index >= 15 is 0 Å². The van der Waals surface area contributed by atoms with Crippen molar-refractivity contribution in [3.05, 3.63) is 53.5 Å². The molecule has 1 N–H and O–H groups in total. The number of aromatic nitrogens is 3. The fourth-order valence-electron chi connectivity index (χ4n) is 6.61. The van der Waals surface area contributed by atoms with Gasteiger partial charge in [-0.05, 0) is 73.9 Å². The highest BCUT2D eigenvalue weighted by Gasteiger charge is 2.34. The average molecular weight is 587 g/mol. The summed E-state index contributed by atoms with van der Waals surface area (Å²) in [5.41, 5.74) is 5.75. The van der Waals surface area contributed by atoms with E-state index in [0.717, 1.165) is 79.5 Å². The molecule has 10 nitrogen and oxygen atoms in total. The number of allylic oxidation sites excluding steroid dienone is 1. The molecule has 0 bridgehead atoms. The van der Waals surface area contributed by atoms with Crippen LogP contribution in [0.15, 0.2) is 47.8 Å². The van der Waals surface area contributed by atoms with Crippen molar-refractivity contribution in [2.75, 3.05) is 65.1 Å². The molecule has 0 spiro atoms. The second kappa shape index (κ2) is 13.3. The molecular formula is C33H42N6O4. The Balaban J connectivity index is 1.26. The lowest BCUT2D eigenvalue weighted by atomic mass is 9.81. The van der Waals surface area contributed by atoms with Crippen LogP contribution in [-0.4, -0.2) is 91.5 Å². The minimum atomic E-state index is -0.260. The number of carbonyl (C=O) groups excluding carboxylic acids is 2. The summed E-state index contributed by atoms with van der Waals surface area (Å²) in [6.07, 6.45) is 7.86. The molecule has 228 valence electrons. The number of unbranched alkanes of at least 4 members (excludes halogenated alkanes) is 1. The number of fused-ring (bicyclic) bond motifs is 1. The van der Waals surface area contributed by atoms with Crippen LogP contribution < -0.4 is 10.2 Å². The Bertz CT molecular complexity index is 1490. The molecule has 6 rings (SSSR count). The van der Waals surface area contributed by atoms with Gasteiger partial charge in [0.25, 0.3) is 5.91 Å². The largest absolute Gasteiger partial charge is 0.385 e. The highest BCUT2D eigenvalue weighted by molar-refractivity contribution is 6.06. The van der Waals surface area contributed by atoms with Gasteiger partial charge < -0.3 is 24.6 Å². The number of nitrogens with zero attached hydrogens (tertiary/aromatic N) is 5. The van der Waals surface area contributed by atoms with Crippen molar-refractivity contribution in [2.45, 2.75) is 45.1 Å². The first-order valence-electron chi connectivity index (χ1n) is 15.6. The van der Waals surface area contributed by atoms with Crippen LogP contribution in [0.5, 0.6) is 0 Å². The number of ketones is 1. The third kappa shape index (κ3) is 6.31. The van der Waals surface area contributed by atoms with Gasteiger partial charge in [0, 0.05) is 69.8 Å². The van der Waals surface area contributed by atoms with Crippen molar-refractivity contribution in [3.63, 3.8) is 0 Å². The van der Waals surface area contributed by atoms with Crippen molar-refractivity contribution in [1.82, 2.24) is 25.0 Å². The molecule has 1 atom stereocenters. The van der Waals surface area contributed by atoms with Crippen LogP contribution in [0.25, 0.3) is 22.0 Å². The lowest BCUT2D eigenvalue weighted by Crippen LogP contribution is -2.44. The normalized spacial score (nSPS) is 19.2. The molecule has 0 radical (unpaired) electrons. The molecule has 1 amide bonds. The molecule has 1 saturated heterocycles. The maximum Gasteiger partial charge on any atom is 0.272 e. The van der Waals surface area contributed by atoms with E-state index in [4.69, 9.17) is 19.6 Å². The predicted octanol–water partition coefficient (Wildman–Crippen LogP) is 4.05. The van der Waals surface area contributed by atoms with E-state index in [2.05, 4.69) is 27.2 Å². The van der Waals surface area contributed by atoms with Crippen LogP contribution in [-0.2, 0) is 20.8 Å². The van der Waals surface area contributed by atoms with E-state index in [0.29, 0.717) is 45.1 Å². The van der Waals surface area contributed by atoms with Gasteiger partial charge in [0.1, 0.15) is 5.82 Å². The number of carbonyl (C=O) groups is 2. The van der Waals surface area contributed by atoms with Crippen molar-refractivity contribution in [3.8, 4) is 11.1 Å². The molecule has 3 aromatic rings. The summed E-state index contributed by atoms with van der Waals surface area (Å²) < 4.78 is 12.6. The Morgan fingerprint density at radius 2 is 1.91 bits per heavy atom. The van der Waals surface area contributed by atoms with Crippen LogP contribution in [0.1, 0.15) is 49.0 Å². The van der Waals surface area contributed by atoms with Gasteiger partial charge in [0.15, 0.2) is 11.5 Å². The first-order valence-corrected chi connectivity index (χ1v) is 15.6. The van der Waals surface area contributed by atoms with Crippen LogP contribution in [0.4, 0.5) is 5.82 Å². The standard InChI is InChI=1S/C33H42N6O4/c1-37-22-30(40)27(25-7-3-4-8-28(25)37)21-35-33(41)32-26-19-23(9-11-29(26)39(36-32)13-5-6-16-42-2)24-10-12-31(34-20-24)38-14-17-43-18-15-38/h9-12,19-20,27H,3-8,13-18,21-22H2,1-2H3,(H,35,41). The zero-order valence-corrected chi connectivity index (χ0v) is 25.3. The van der Waals surface area contributed by atoms with Crippen LogP contribution in [0.3, 0.4) is 0 Å². The van der Waals surface area contributed by atoms with Gasteiger partial charge in [-0.25, -0.2) is 4.98 Å². The number of amides is 1. The van der Waals surface area contributed by atoms with Gasteiger partial charge in [-0.1, -0.05) is 6.07 Å². The lowest BCUT2D eigenvalue weighted by Gasteiger charge is -2.37. The molecule has 1 unspecified atom stereocenters. The van der Waals surface area contributed by atoms with Crippen molar-refractivity contribution >= 4 is 28.4 Å². The third-order valence-electron chi connectivity index (χ3n) is 8.96. The van der Waals surface area contributed by atoms with Gasteiger partial charge in [0.2, 0.25) is 0 Å². The number of nitrogens with one attached hydrogen (secondary N) is 1. The number of hydrogen-bond acceptors (Lipinski definition) is 8. The summed E-state index contributed by atoms with van der Waals surface area (Å²) in [5, 5.41) is 8.69. The van der Waals surface area contributed by atoms with Crippen LogP contribution >= 0.6 is 0 Å². The van der Waals surface area contributed by atoms with E-state index in [9.17, 15) is 9.59 Å². The number of aryl methyl sites for hydroxylation is 1. The number of methoxy groups -OCH3 is 1. The quantitative estimate of drug-likeness (QED) is 0.355. The van der Waals surface area contributed by atoms with E-state index in [-0.39, 0.29) is 17.6 Å². The molecule has 1 aliphatic carbocycles. The summed E-state index contributed by atoms with van der Waals surface area (Å²) in [6.45, 7) is 5.18. The van der Waals surface area contributed by atoms with E-state index in [1.165, 1.54) is 11.3 Å². The Hall–Kier alpha value is -3.76. The van der Waals surface area contributed by atoms with Crippen LogP contribution in [0.2, 0.25) is 0 Å². The number of hydrogen-bond donors (Lipinski definition) is 1. The topological polar surface area (TPSA) is 102 Å². The highest BCUT2D eigenvalue weighted by Crippen LogP contribution is 2.35. The van der Waals surface area contributed by atoms with Gasteiger partial charge in [-0.15, -0.1) is 0 Å². The number of anilines is 1. The third-order valence-corrected chi connectivity index (χ3v) is 8.96. The van der Waals surface area contributed by atoms with Crippen molar-refractivity contribution in [1.29, 1.82) is 0 Å². The minimum absolute atomic E-state index is 0.173. The molecule has 10 heteroatoms. The van der Waals surface area contributed by atoms with Crippen molar-refractivity contribution < 1.29 is 19.1 Å². The van der Waals surface area contributed by atoms with E-state index in [1.807, 2.05) is 36.1 Å². The Kier molecular flexibility index (Phi) is 9.04. The Morgan fingerprint density at radius 3 is 2.70 bits per heavy atom. The number of likely N-dealkylation sites (N-methyl/N-ethyl adjacent to an activating group) is 1. The number of morpholine rings is 1. The predicted molar refractivity (Wildman–Crippen MR) is 166 cm³/mol. The molecular weight excluding hydrogens is 544 g/mol. The van der Waals surface area contributed by atoms with E-state index < -0.39 is 0 Å². The zero-order valence-electron chi connectivity index (χ0n) is 25.3. The number of ether oxygens (including phenoxy) is 2. The first-order chi connectivity index (χ1) is 21.0. The monoisotopic (exact) mass is 586 g/mol. The lowest BCUT2D eigenvalue weighted by molar-refractivity contribution is -0.123. The van der Waals surface area contributed by atoms with Gasteiger partial charge in [0.05, 0.1) is 31.2 Å². The van der Waals surface area contributed by atoms with Gasteiger partial charge >= 0.3 is 0 Å². The summed E-state index contributed by atoms with van der Waals surface area (Å²) in [4.78, 5) is 35.8. The van der Waals surface area contributed by atoms with Gasteiger partial charge in [-0.2, -0.15) is 5.10 Å². The SMILES string of the molecule is COCCCCn1nc(C(=O)NCC2C(=O)CN(C)C3=C2CCCC3)c2cc(-c3ccc(N4CCOCC4)nc3)ccc21. The fraction of sp³-hybridized carbons (Fsp3) is 0.515. The molecule has 1 fully saturated rings. The Morgan fingerprint density at radius 1 is 1.09 bits per heavy atom. The summed E-state index contributed by atoms with van der Waals surface area (Å²) in [7, 11) is 3.71. The first kappa shape index (κ1) is 29.3. The van der Waals surface area contributed by atoms with E-state index in [1.54, 1.807) is 7.11 Å². The van der Waals surface area contributed by atoms with Crippen molar-refractivity contribution in [2.24, 2.45) is 5.92 Å². The van der Waals surface area contributed by atoms with Crippen LogP contribution in [0, 0.1) is 5.92 Å². The van der Waals surface area contributed by atoms with Gasteiger partial charge in [-0.3, -0.25) is 14.3 Å². The fourth-order valence-corrected chi connectivity index (χ4v) is 6.61. The number of pyridine rings is 1. The molecule has 2 aliphatic heterocycles. The molecule has 2 aromatic heterocycles. The molecule has 3 aliphatic rings. The smallest absolute Gasteiger partial charge is 0.272 e. The highest BCUT2D eigenvalue weighted by atomic mass is 16.5. The summed E-state index contributed by atoms with van der Waals surface area (Å²) in [5.74, 6) is 0.608. The average Bonchev–Trinajstić information content (AvgIpc) is 3.41. The number of rotatable bonds is 10. The number of benzene rings is 1. The summed E-state index contributed by atoms with van der Waals surface area (Å²) in [6, 6.07) is 10.3. The second-order valence-corrected chi connectivity index (χ2v) is 11.8. The zero-order chi connectivity index (χ0) is 29.8. The Labute approximate surface area is 253 Å². The molecule has 1 aromatic carbocycles. The maximum absolute atomic E-state index is 13.7. The number of Topliss-reactive ketones (excluding diaryl/α,β-unsaturated/α-hetero) is 1. The molecule has 4 heterocycles.